The third-order valence-electron chi connectivity index (χ3n) is 3.45. The van der Waals surface area contributed by atoms with Crippen molar-refractivity contribution in [1.29, 1.82) is 0 Å². The highest BCUT2D eigenvalue weighted by atomic mass is 32.2. The maximum absolute atomic E-state index is 12.6. The Morgan fingerprint density at radius 1 is 1.33 bits per heavy atom. The van der Waals surface area contributed by atoms with Gasteiger partial charge in [0.25, 0.3) is 0 Å². The van der Waals surface area contributed by atoms with Crippen molar-refractivity contribution in [2.24, 2.45) is 0 Å². The van der Waals surface area contributed by atoms with Crippen LogP contribution in [0.15, 0.2) is 23.1 Å². The molecule has 5 heteroatoms. The average molecular weight is 269 g/mol. The monoisotopic (exact) mass is 269 g/mol. The van der Waals surface area contributed by atoms with Gasteiger partial charge in [0.2, 0.25) is 0 Å². The van der Waals surface area contributed by atoms with E-state index in [1.807, 2.05) is 26.0 Å². The van der Waals surface area contributed by atoms with Gasteiger partial charge in [-0.1, -0.05) is 26.0 Å². The summed E-state index contributed by atoms with van der Waals surface area (Å²) in [6.07, 6.45) is 0.595. The Hall–Kier alpha value is -1.07. The van der Waals surface area contributed by atoms with Crippen LogP contribution in [-0.2, 0) is 9.84 Å². The summed E-state index contributed by atoms with van der Waals surface area (Å²) in [5, 5.41) is 2.87. The summed E-state index contributed by atoms with van der Waals surface area (Å²) in [7, 11) is -1.79. The quantitative estimate of drug-likeness (QED) is 0.907. The van der Waals surface area contributed by atoms with Gasteiger partial charge < -0.3 is 10.1 Å². The molecule has 0 saturated heterocycles. The Balaban J connectivity index is 2.65. The molecule has 0 bridgehead atoms. The predicted molar refractivity (Wildman–Crippen MR) is 70.7 cm³/mol. The molecule has 1 aromatic carbocycles. The smallest absolute Gasteiger partial charge is 0.187 e. The van der Waals surface area contributed by atoms with Gasteiger partial charge in [-0.05, 0) is 24.6 Å². The number of methoxy groups -OCH3 is 1. The molecular weight excluding hydrogens is 250 g/mol. The first kappa shape index (κ1) is 13.4. The number of nitrogens with one attached hydrogen (secondary N) is 1. The van der Waals surface area contributed by atoms with Crippen LogP contribution in [0.5, 0.6) is 5.75 Å². The Kier molecular flexibility index (Phi) is 3.64. The van der Waals surface area contributed by atoms with E-state index in [4.69, 9.17) is 4.74 Å². The topological polar surface area (TPSA) is 55.4 Å². The standard InChI is InChI=1S/C13H19NO3S/c1-4-11-12(14-5-2)9-7-6-8-10(17-3)13(9)18(11,15)16/h6-8,11-12,14H,4-5H2,1-3H3. The minimum Gasteiger partial charge on any atom is -0.495 e. The van der Waals surface area contributed by atoms with E-state index in [0.717, 1.165) is 12.1 Å². The number of hydrogen-bond donors (Lipinski definition) is 1. The largest absolute Gasteiger partial charge is 0.495 e. The van der Waals surface area contributed by atoms with Crippen molar-refractivity contribution >= 4 is 9.84 Å². The highest BCUT2D eigenvalue weighted by molar-refractivity contribution is 7.92. The molecule has 0 saturated carbocycles. The third kappa shape index (κ3) is 1.82. The van der Waals surface area contributed by atoms with Gasteiger partial charge >= 0.3 is 0 Å². The lowest BCUT2D eigenvalue weighted by Crippen LogP contribution is -2.31. The van der Waals surface area contributed by atoms with Crippen LogP contribution in [0.3, 0.4) is 0 Å². The number of rotatable bonds is 4. The van der Waals surface area contributed by atoms with E-state index in [0.29, 0.717) is 17.1 Å². The van der Waals surface area contributed by atoms with Crippen LogP contribution in [-0.4, -0.2) is 27.3 Å². The second-order valence-electron chi connectivity index (χ2n) is 4.41. The van der Waals surface area contributed by atoms with Gasteiger partial charge in [0.15, 0.2) is 9.84 Å². The van der Waals surface area contributed by atoms with Gasteiger partial charge in [0.05, 0.1) is 18.4 Å². The van der Waals surface area contributed by atoms with Crippen LogP contribution in [0.2, 0.25) is 0 Å². The summed E-state index contributed by atoms with van der Waals surface area (Å²) >= 11 is 0. The molecule has 1 aliphatic heterocycles. The number of fused-ring (bicyclic) bond motifs is 1. The molecule has 0 amide bonds. The number of benzene rings is 1. The second-order valence-corrected chi connectivity index (χ2v) is 6.51. The molecule has 2 atom stereocenters. The summed E-state index contributed by atoms with van der Waals surface area (Å²) in [5.74, 6) is 0.450. The van der Waals surface area contributed by atoms with E-state index in [2.05, 4.69) is 5.32 Å². The molecule has 0 aromatic heterocycles. The first-order valence-electron chi connectivity index (χ1n) is 6.22. The number of ether oxygens (including phenoxy) is 1. The first-order chi connectivity index (χ1) is 8.57. The summed E-state index contributed by atoms with van der Waals surface area (Å²) < 4.78 is 30.3. The fraction of sp³-hybridized carbons (Fsp3) is 0.538. The van der Waals surface area contributed by atoms with Crippen molar-refractivity contribution in [2.45, 2.75) is 36.5 Å². The van der Waals surface area contributed by atoms with Crippen LogP contribution in [0.25, 0.3) is 0 Å². The zero-order valence-electron chi connectivity index (χ0n) is 10.9. The van der Waals surface area contributed by atoms with Crippen molar-refractivity contribution < 1.29 is 13.2 Å². The fourth-order valence-corrected chi connectivity index (χ4v) is 4.99. The Morgan fingerprint density at radius 3 is 2.61 bits per heavy atom. The molecule has 0 aliphatic carbocycles. The molecule has 4 nitrogen and oxygen atoms in total. The lowest BCUT2D eigenvalue weighted by Gasteiger charge is -2.18. The zero-order valence-corrected chi connectivity index (χ0v) is 11.8. The molecule has 1 heterocycles. The maximum Gasteiger partial charge on any atom is 0.187 e. The molecular formula is C13H19NO3S. The minimum absolute atomic E-state index is 0.130. The molecule has 100 valence electrons. The number of sulfone groups is 1. The third-order valence-corrected chi connectivity index (χ3v) is 5.85. The van der Waals surface area contributed by atoms with E-state index in [1.54, 1.807) is 6.07 Å². The minimum atomic E-state index is -3.30. The van der Waals surface area contributed by atoms with Crippen LogP contribution in [0.1, 0.15) is 31.9 Å². The summed E-state index contributed by atoms with van der Waals surface area (Å²) in [5.41, 5.74) is 0.836. The molecule has 2 rings (SSSR count). The van der Waals surface area contributed by atoms with Crippen LogP contribution in [0.4, 0.5) is 0 Å². The van der Waals surface area contributed by atoms with E-state index in [9.17, 15) is 8.42 Å². The Morgan fingerprint density at radius 2 is 2.06 bits per heavy atom. The van der Waals surface area contributed by atoms with E-state index >= 15 is 0 Å². The summed E-state index contributed by atoms with van der Waals surface area (Å²) in [6.45, 7) is 4.63. The summed E-state index contributed by atoms with van der Waals surface area (Å²) in [4.78, 5) is 0.366. The second kappa shape index (κ2) is 4.90. The predicted octanol–water partition coefficient (Wildman–Crippen LogP) is 1.91. The molecule has 2 unspecified atom stereocenters. The first-order valence-corrected chi connectivity index (χ1v) is 7.76. The molecule has 18 heavy (non-hydrogen) atoms. The molecule has 0 radical (unpaired) electrons. The summed E-state index contributed by atoms with van der Waals surface area (Å²) in [6, 6.07) is 5.29. The van der Waals surface area contributed by atoms with Gasteiger partial charge in [-0.2, -0.15) is 0 Å². The van der Waals surface area contributed by atoms with E-state index < -0.39 is 15.1 Å². The SMILES string of the molecule is CCNC1c2cccc(OC)c2S(=O)(=O)C1CC. The van der Waals surface area contributed by atoms with Crippen LogP contribution in [0, 0.1) is 0 Å². The van der Waals surface area contributed by atoms with Gasteiger partial charge in [-0.25, -0.2) is 8.42 Å². The average Bonchev–Trinajstić information content (AvgIpc) is 2.58. The maximum atomic E-state index is 12.6. The number of hydrogen-bond acceptors (Lipinski definition) is 4. The van der Waals surface area contributed by atoms with Crippen molar-refractivity contribution in [2.75, 3.05) is 13.7 Å². The highest BCUT2D eigenvalue weighted by Gasteiger charge is 2.45. The van der Waals surface area contributed by atoms with Crippen molar-refractivity contribution in [3.8, 4) is 5.75 Å². The lowest BCUT2D eigenvalue weighted by molar-refractivity contribution is 0.402. The van der Waals surface area contributed by atoms with E-state index in [1.165, 1.54) is 7.11 Å². The zero-order chi connectivity index (χ0) is 13.3. The van der Waals surface area contributed by atoms with E-state index in [-0.39, 0.29) is 6.04 Å². The van der Waals surface area contributed by atoms with Crippen LogP contribution < -0.4 is 10.1 Å². The molecule has 1 aromatic rings. The van der Waals surface area contributed by atoms with Gasteiger partial charge in [-0.15, -0.1) is 0 Å². The molecule has 0 fully saturated rings. The van der Waals surface area contributed by atoms with Crippen molar-refractivity contribution in [1.82, 2.24) is 5.32 Å². The van der Waals surface area contributed by atoms with Gasteiger partial charge in [0, 0.05) is 0 Å². The molecule has 1 aliphatic rings. The van der Waals surface area contributed by atoms with Crippen LogP contribution >= 0.6 is 0 Å². The molecule has 1 N–H and O–H groups in total. The van der Waals surface area contributed by atoms with Gasteiger partial charge in [0.1, 0.15) is 10.6 Å². The Bertz CT molecular complexity index is 539. The molecule has 0 spiro atoms. The van der Waals surface area contributed by atoms with Crippen molar-refractivity contribution in [3.05, 3.63) is 23.8 Å². The fourth-order valence-electron chi connectivity index (χ4n) is 2.69. The lowest BCUT2D eigenvalue weighted by atomic mass is 10.0. The normalized spacial score (nSPS) is 24.8. The van der Waals surface area contributed by atoms with Gasteiger partial charge in [-0.3, -0.25) is 0 Å². The Labute approximate surface area is 108 Å². The van der Waals surface area contributed by atoms with Crippen molar-refractivity contribution in [3.63, 3.8) is 0 Å². The highest BCUT2D eigenvalue weighted by Crippen LogP contribution is 2.44.